The number of carbonyl (C=O) groups excluding carboxylic acids is 3. The van der Waals surface area contributed by atoms with Crippen LogP contribution in [0.2, 0.25) is 6.32 Å². The van der Waals surface area contributed by atoms with Crippen LogP contribution in [0, 0.1) is 5.92 Å². The Morgan fingerprint density at radius 3 is 2.71 bits per heavy atom. The Morgan fingerprint density at radius 2 is 2.06 bits per heavy atom. The molecule has 0 saturated carbocycles. The van der Waals surface area contributed by atoms with Gasteiger partial charge in [0.2, 0.25) is 17.7 Å². The first-order valence-corrected chi connectivity index (χ1v) is 11.5. The molecule has 0 bridgehead atoms. The third-order valence-corrected chi connectivity index (χ3v) is 6.42. The number of rotatable bonds is 9. The Kier molecular flexibility index (Phi) is 7.62. The standard InChI is InChI=1S/C21H34BN4O5/c1-4-5-8-23-20(30)17-16-14(10-12(2)3)26(16)21(31)18(22-11-15(27)28)24-19(29)13-7-6-9-25(13)17/h12-14,16-18H,4-11H2,1-3H3,(H,23,30)(H,24,29)(H,27,28)/t13-,14+,16-,17+,18?,26?/m1/s1. The average molecular weight is 433 g/mol. The molecule has 1 radical (unpaired) electrons. The lowest BCUT2D eigenvalue weighted by Crippen LogP contribution is -2.57. The van der Waals surface area contributed by atoms with Crippen LogP contribution in [-0.4, -0.2) is 89.1 Å². The first-order valence-electron chi connectivity index (χ1n) is 11.5. The third-order valence-electron chi connectivity index (χ3n) is 6.42. The molecule has 1 unspecified atom stereocenters. The van der Waals surface area contributed by atoms with Gasteiger partial charge in [0.1, 0.15) is 6.04 Å². The summed E-state index contributed by atoms with van der Waals surface area (Å²) < 4.78 is 0. The summed E-state index contributed by atoms with van der Waals surface area (Å²) in [5.74, 6) is -2.48. The van der Waals surface area contributed by atoms with E-state index in [1.54, 1.807) is 4.90 Å². The summed E-state index contributed by atoms with van der Waals surface area (Å²) >= 11 is 0. The summed E-state index contributed by atoms with van der Waals surface area (Å²) in [4.78, 5) is 54.3. The van der Waals surface area contributed by atoms with E-state index in [9.17, 15) is 19.2 Å². The number of hydrogen-bond acceptors (Lipinski definition) is 5. The van der Waals surface area contributed by atoms with E-state index in [2.05, 4.69) is 31.4 Å². The highest BCUT2D eigenvalue weighted by Crippen LogP contribution is 2.41. The monoisotopic (exact) mass is 433 g/mol. The fourth-order valence-electron chi connectivity index (χ4n) is 4.96. The van der Waals surface area contributed by atoms with Crippen LogP contribution in [-0.2, 0) is 19.2 Å². The van der Waals surface area contributed by atoms with E-state index in [0.717, 1.165) is 25.7 Å². The normalized spacial score (nSPS) is 30.6. The molecule has 5 atom stereocenters. The quantitative estimate of drug-likeness (QED) is 0.268. The zero-order chi connectivity index (χ0) is 22.7. The topological polar surface area (TPSA) is 119 Å². The van der Waals surface area contributed by atoms with Gasteiger partial charge in [0.15, 0.2) is 7.28 Å². The van der Waals surface area contributed by atoms with Gasteiger partial charge in [-0.25, -0.2) is 0 Å². The van der Waals surface area contributed by atoms with Crippen molar-refractivity contribution in [3.05, 3.63) is 0 Å². The molecule has 3 rings (SSSR count). The zero-order valence-electron chi connectivity index (χ0n) is 18.7. The molecule has 0 aromatic carbocycles. The van der Waals surface area contributed by atoms with Crippen LogP contribution in [0.3, 0.4) is 0 Å². The summed E-state index contributed by atoms with van der Waals surface area (Å²) in [6.07, 6.45) is 3.69. The Hall–Kier alpha value is -2.10. The van der Waals surface area contributed by atoms with Crippen molar-refractivity contribution in [1.82, 2.24) is 20.4 Å². The second kappa shape index (κ2) is 10.0. The maximum absolute atomic E-state index is 13.3. The van der Waals surface area contributed by atoms with Crippen LogP contribution in [0.1, 0.15) is 52.9 Å². The first-order chi connectivity index (χ1) is 14.8. The lowest BCUT2D eigenvalue weighted by Gasteiger charge is -2.31. The highest BCUT2D eigenvalue weighted by atomic mass is 16.4. The molecule has 31 heavy (non-hydrogen) atoms. The van der Waals surface area contributed by atoms with E-state index in [1.807, 2.05) is 4.90 Å². The number of unbranched alkanes of at least 4 members (excludes halogenated alkanes) is 1. The number of nitrogens with zero attached hydrogens (tertiary/aromatic N) is 2. The van der Waals surface area contributed by atoms with Crippen LogP contribution in [0.4, 0.5) is 0 Å². The van der Waals surface area contributed by atoms with Gasteiger partial charge in [0.25, 0.3) is 5.97 Å². The molecule has 171 valence electrons. The van der Waals surface area contributed by atoms with Crippen molar-refractivity contribution in [3.8, 4) is 0 Å². The largest absolute Gasteiger partial charge is 0.482 e. The summed E-state index contributed by atoms with van der Waals surface area (Å²) in [6, 6.07) is -1.45. The first kappa shape index (κ1) is 23.6. The van der Waals surface area contributed by atoms with E-state index in [0.29, 0.717) is 25.4 Å². The minimum atomic E-state index is -1.06. The van der Waals surface area contributed by atoms with Crippen LogP contribution >= 0.6 is 0 Å². The number of fused-ring (bicyclic) bond motifs is 2. The van der Waals surface area contributed by atoms with Gasteiger partial charge in [-0.1, -0.05) is 27.2 Å². The van der Waals surface area contributed by atoms with Crippen LogP contribution < -0.4 is 10.6 Å². The van der Waals surface area contributed by atoms with Crippen molar-refractivity contribution in [2.45, 2.75) is 89.3 Å². The Morgan fingerprint density at radius 1 is 1.32 bits per heavy atom. The molecule has 0 aromatic heterocycles. The van der Waals surface area contributed by atoms with Crippen molar-refractivity contribution in [3.63, 3.8) is 0 Å². The van der Waals surface area contributed by atoms with Gasteiger partial charge in [-0.2, -0.15) is 0 Å². The number of aliphatic carboxylic acids is 1. The van der Waals surface area contributed by atoms with Crippen molar-refractivity contribution in [1.29, 1.82) is 0 Å². The van der Waals surface area contributed by atoms with Gasteiger partial charge in [-0.05, 0) is 38.1 Å². The minimum absolute atomic E-state index is 0.0913. The Labute approximate surface area is 184 Å². The molecule has 3 fully saturated rings. The molecular formula is C21H34BN4O5. The molecule has 3 saturated heterocycles. The molecule has 10 heteroatoms. The SMILES string of the molecule is CCCCNC(=O)[C@@H]1[C@H]2[C@H](CC(C)C)N2C(=O)C([B]CC(=O)O)NC(=O)[C@H]2CCCN21. The number of carbonyl (C=O) groups is 4. The van der Waals surface area contributed by atoms with Crippen LogP contribution in [0.25, 0.3) is 0 Å². The molecule has 9 nitrogen and oxygen atoms in total. The zero-order valence-corrected chi connectivity index (χ0v) is 18.7. The highest BCUT2D eigenvalue weighted by molar-refractivity contribution is 6.48. The lowest BCUT2D eigenvalue weighted by molar-refractivity contribution is -0.135. The molecule has 0 aliphatic carbocycles. The van der Waals surface area contributed by atoms with E-state index in [4.69, 9.17) is 5.11 Å². The predicted octanol–water partition coefficient (Wildman–Crippen LogP) is 0.0242. The second-order valence-corrected chi connectivity index (χ2v) is 9.24. The number of carboxylic acid groups (broad SMARTS) is 1. The van der Waals surface area contributed by atoms with Crippen molar-refractivity contribution >= 4 is 31.0 Å². The summed E-state index contributed by atoms with van der Waals surface area (Å²) in [7, 11) is 1.35. The van der Waals surface area contributed by atoms with Crippen molar-refractivity contribution in [2.75, 3.05) is 13.1 Å². The highest BCUT2D eigenvalue weighted by Gasteiger charge is 2.61. The fourth-order valence-corrected chi connectivity index (χ4v) is 4.96. The lowest BCUT2D eigenvalue weighted by atomic mass is 9.65. The van der Waals surface area contributed by atoms with Crippen molar-refractivity contribution in [2.24, 2.45) is 5.92 Å². The molecular weight excluding hydrogens is 399 g/mol. The fraction of sp³-hybridized carbons (Fsp3) is 0.810. The van der Waals surface area contributed by atoms with Gasteiger partial charge >= 0.3 is 0 Å². The van der Waals surface area contributed by atoms with Gasteiger partial charge < -0.3 is 20.6 Å². The van der Waals surface area contributed by atoms with Gasteiger partial charge in [-0.3, -0.25) is 24.1 Å². The smallest absolute Gasteiger partial charge is 0.295 e. The molecule has 3 aliphatic heterocycles. The number of nitrogens with one attached hydrogen (secondary N) is 2. The van der Waals surface area contributed by atoms with E-state index >= 15 is 0 Å². The minimum Gasteiger partial charge on any atom is -0.482 e. The second-order valence-electron chi connectivity index (χ2n) is 9.24. The summed E-state index contributed by atoms with van der Waals surface area (Å²) in [5.41, 5.74) is 0. The molecule has 3 N–H and O–H groups in total. The molecule has 3 aliphatic rings. The molecule has 3 amide bonds. The Bertz CT molecular complexity index is 718. The van der Waals surface area contributed by atoms with Crippen LogP contribution in [0.5, 0.6) is 0 Å². The summed E-state index contributed by atoms with van der Waals surface area (Å²) in [5, 5.41) is 14.8. The van der Waals surface area contributed by atoms with Gasteiger partial charge in [0.05, 0.1) is 24.1 Å². The van der Waals surface area contributed by atoms with E-state index in [1.165, 1.54) is 7.28 Å². The maximum Gasteiger partial charge on any atom is 0.295 e. The molecule has 3 heterocycles. The average Bonchev–Trinajstić information content (AvgIpc) is 3.14. The van der Waals surface area contributed by atoms with E-state index < -0.39 is 24.0 Å². The molecule has 0 aromatic rings. The Balaban J connectivity index is 1.92. The number of amides is 3. The summed E-state index contributed by atoms with van der Waals surface area (Å²) in [6.45, 7) is 7.41. The third kappa shape index (κ3) is 5.22. The molecule has 0 spiro atoms. The predicted molar refractivity (Wildman–Crippen MR) is 115 cm³/mol. The van der Waals surface area contributed by atoms with Gasteiger partial charge in [0, 0.05) is 12.9 Å². The number of carboxylic acids is 1. The van der Waals surface area contributed by atoms with Crippen LogP contribution in [0.15, 0.2) is 0 Å². The van der Waals surface area contributed by atoms with E-state index in [-0.39, 0.29) is 36.1 Å². The van der Waals surface area contributed by atoms with Crippen molar-refractivity contribution < 1.29 is 24.3 Å². The number of hydrogen-bond donors (Lipinski definition) is 3. The maximum atomic E-state index is 13.3. The van der Waals surface area contributed by atoms with Gasteiger partial charge in [-0.15, -0.1) is 0 Å².